The molecular weight excluding hydrogens is 372 g/mol. The van der Waals surface area contributed by atoms with Gasteiger partial charge in [0.25, 0.3) is 0 Å². The molecule has 172 valence electrons. The summed E-state index contributed by atoms with van der Waals surface area (Å²) in [7, 11) is 0. The molecule has 3 nitrogen and oxygen atoms in total. The summed E-state index contributed by atoms with van der Waals surface area (Å²) < 4.78 is 0. The number of carbonyl (C=O) groups excluding carboxylic acids is 1. The molecule has 0 aromatic heterocycles. The van der Waals surface area contributed by atoms with Crippen LogP contribution in [-0.2, 0) is 21.0 Å². The zero-order chi connectivity index (χ0) is 21.5. The molecule has 3 heteroatoms. The van der Waals surface area contributed by atoms with Crippen molar-refractivity contribution in [1.29, 1.82) is 0 Å². The van der Waals surface area contributed by atoms with E-state index in [1.165, 1.54) is 89.9 Å². The molecule has 0 spiro atoms. The van der Waals surface area contributed by atoms with E-state index in [0.717, 1.165) is 18.4 Å². The van der Waals surface area contributed by atoms with Crippen molar-refractivity contribution in [2.75, 3.05) is 6.61 Å². The van der Waals surface area contributed by atoms with Crippen molar-refractivity contribution in [2.45, 2.75) is 122 Å². The van der Waals surface area contributed by atoms with E-state index >= 15 is 0 Å². The number of unbranched alkanes of at least 4 members (excludes halogenated alkanes) is 15. The van der Waals surface area contributed by atoms with Crippen LogP contribution in [0.4, 0.5) is 0 Å². The molecule has 1 rings (SSSR count). The van der Waals surface area contributed by atoms with Crippen LogP contribution in [0, 0.1) is 0 Å². The highest BCUT2D eigenvalue weighted by molar-refractivity contribution is 5.69. The molecule has 0 bridgehead atoms. The lowest BCUT2D eigenvalue weighted by Crippen LogP contribution is -2.07. The molecule has 0 radical (unpaired) electrons. The smallest absolute Gasteiger partial charge is 0.298 e. The molecule has 0 fully saturated rings. The Balaban J connectivity index is 1.73. The summed E-state index contributed by atoms with van der Waals surface area (Å²) in [6.07, 6.45) is 22.7. The van der Waals surface area contributed by atoms with Gasteiger partial charge < -0.3 is 0 Å². The normalized spacial score (nSPS) is 11.0. The van der Waals surface area contributed by atoms with Crippen molar-refractivity contribution in [2.24, 2.45) is 0 Å². The summed E-state index contributed by atoms with van der Waals surface area (Å²) in [5, 5.41) is 0. The van der Waals surface area contributed by atoms with Crippen LogP contribution in [0.25, 0.3) is 0 Å². The van der Waals surface area contributed by atoms with E-state index in [1.807, 2.05) is 30.3 Å². The third kappa shape index (κ3) is 17.5. The van der Waals surface area contributed by atoms with Gasteiger partial charge in [0.05, 0.1) is 13.0 Å². The van der Waals surface area contributed by atoms with Gasteiger partial charge in [-0.1, -0.05) is 134 Å². The van der Waals surface area contributed by atoms with E-state index in [2.05, 4.69) is 6.92 Å². The largest absolute Gasteiger partial charge is 0.342 e. The topological polar surface area (TPSA) is 35.5 Å². The summed E-state index contributed by atoms with van der Waals surface area (Å²) in [6, 6.07) is 9.97. The van der Waals surface area contributed by atoms with Crippen molar-refractivity contribution in [3.05, 3.63) is 35.9 Å². The second-order valence-electron chi connectivity index (χ2n) is 8.57. The number of benzene rings is 1. The van der Waals surface area contributed by atoms with Gasteiger partial charge in [-0.2, -0.15) is 4.89 Å². The van der Waals surface area contributed by atoms with E-state index < -0.39 is 0 Å². The Morgan fingerprint density at radius 2 is 1.13 bits per heavy atom. The van der Waals surface area contributed by atoms with Gasteiger partial charge >= 0.3 is 5.97 Å². The van der Waals surface area contributed by atoms with E-state index in [9.17, 15) is 4.79 Å². The highest BCUT2D eigenvalue weighted by atomic mass is 17.2. The first kappa shape index (κ1) is 26.7. The van der Waals surface area contributed by atoms with Crippen LogP contribution in [0.15, 0.2) is 30.3 Å². The van der Waals surface area contributed by atoms with E-state index in [0.29, 0.717) is 19.4 Å². The maximum Gasteiger partial charge on any atom is 0.342 e. The second kappa shape index (κ2) is 20.9. The first-order chi connectivity index (χ1) is 14.8. The number of hydrogen-bond donors (Lipinski definition) is 0. The van der Waals surface area contributed by atoms with Crippen molar-refractivity contribution in [1.82, 2.24) is 0 Å². The minimum absolute atomic E-state index is 0.282. The maximum absolute atomic E-state index is 11.6. The Bertz CT molecular complexity index is 486. The standard InChI is InChI=1S/C27H46O3/c1-2-3-4-5-6-7-8-9-10-11-12-13-14-15-16-20-25-29-30-27(28)24-23-26-21-18-17-19-22-26/h17-19,21-22H,2-16,20,23-25H2,1H3. The van der Waals surface area contributed by atoms with Crippen LogP contribution in [0.1, 0.15) is 122 Å². The van der Waals surface area contributed by atoms with Gasteiger partial charge in [-0.3, -0.25) is 4.89 Å². The highest BCUT2D eigenvalue weighted by Crippen LogP contribution is 2.13. The molecule has 0 aliphatic rings. The first-order valence-electron chi connectivity index (χ1n) is 12.7. The fraction of sp³-hybridized carbons (Fsp3) is 0.741. The molecule has 0 aliphatic carbocycles. The Labute approximate surface area is 185 Å². The van der Waals surface area contributed by atoms with Gasteiger partial charge in [0.1, 0.15) is 0 Å². The molecule has 0 atom stereocenters. The second-order valence-corrected chi connectivity index (χ2v) is 8.57. The average molecular weight is 419 g/mol. The van der Waals surface area contributed by atoms with E-state index in [-0.39, 0.29) is 5.97 Å². The van der Waals surface area contributed by atoms with E-state index in [4.69, 9.17) is 9.78 Å². The van der Waals surface area contributed by atoms with Gasteiger partial charge in [-0.05, 0) is 18.4 Å². The molecule has 0 heterocycles. The molecule has 0 saturated heterocycles. The third-order valence-corrected chi connectivity index (χ3v) is 5.69. The fourth-order valence-corrected chi connectivity index (χ4v) is 3.75. The fourth-order valence-electron chi connectivity index (χ4n) is 3.75. The summed E-state index contributed by atoms with van der Waals surface area (Å²) in [4.78, 5) is 21.5. The predicted octanol–water partition coefficient (Wildman–Crippen LogP) is 8.36. The molecule has 1 aromatic rings. The van der Waals surface area contributed by atoms with Crippen LogP contribution in [-0.4, -0.2) is 12.6 Å². The van der Waals surface area contributed by atoms with Crippen LogP contribution in [0.3, 0.4) is 0 Å². The Morgan fingerprint density at radius 3 is 1.63 bits per heavy atom. The molecular formula is C27H46O3. The number of rotatable bonds is 21. The lowest BCUT2D eigenvalue weighted by molar-refractivity contribution is -0.272. The Kier molecular flexibility index (Phi) is 18.6. The van der Waals surface area contributed by atoms with Gasteiger partial charge in [-0.15, -0.1) is 0 Å². The minimum Gasteiger partial charge on any atom is -0.298 e. The van der Waals surface area contributed by atoms with E-state index in [1.54, 1.807) is 0 Å². The summed E-state index contributed by atoms with van der Waals surface area (Å²) in [5.41, 5.74) is 1.15. The van der Waals surface area contributed by atoms with Crippen molar-refractivity contribution in [3.63, 3.8) is 0 Å². The van der Waals surface area contributed by atoms with Crippen LogP contribution >= 0.6 is 0 Å². The third-order valence-electron chi connectivity index (χ3n) is 5.69. The molecule has 0 unspecified atom stereocenters. The zero-order valence-corrected chi connectivity index (χ0v) is 19.5. The maximum atomic E-state index is 11.6. The van der Waals surface area contributed by atoms with Crippen LogP contribution in [0.2, 0.25) is 0 Å². The molecule has 0 N–H and O–H groups in total. The van der Waals surface area contributed by atoms with Gasteiger partial charge in [0.2, 0.25) is 0 Å². The SMILES string of the molecule is CCCCCCCCCCCCCCCCCCOOC(=O)CCc1ccccc1. The Morgan fingerprint density at radius 1 is 0.667 bits per heavy atom. The zero-order valence-electron chi connectivity index (χ0n) is 19.5. The van der Waals surface area contributed by atoms with Crippen molar-refractivity contribution < 1.29 is 14.6 Å². The molecule has 1 aromatic carbocycles. The minimum atomic E-state index is -0.282. The quantitative estimate of drug-likeness (QED) is 0.114. The summed E-state index contributed by atoms with van der Waals surface area (Å²) in [6.45, 7) is 2.79. The first-order valence-corrected chi connectivity index (χ1v) is 12.7. The lowest BCUT2D eigenvalue weighted by atomic mass is 10.0. The van der Waals surface area contributed by atoms with Crippen LogP contribution < -0.4 is 0 Å². The lowest BCUT2D eigenvalue weighted by Gasteiger charge is -2.05. The molecule has 0 amide bonds. The van der Waals surface area contributed by atoms with Gasteiger partial charge in [0.15, 0.2) is 0 Å². The summed E-state index contributed by atoms with van der Waals surface area (Å²) >= 11 is 0. The number of aryl methyl sites for hydroxylation is 1. The van der Waals surface area contributed by atoms with Gasteiger partial charge in [-0.25, -0.2) is 4.79 Å². The molecule has 30 heavy (non-hydrogen) atoms. The van der Waals surface area contributed by atoms with Crippen molar-refractivity contribution >= 4 is 5.97 Å². The van der Waals surface area contributed by atoms with Gasteiger partial charge in [0, 0.05) is 0 Å². The Hall–Kier alpha value is -1.35. The number of hydrogen-bond acceptors (Lipinski definition) is 3. The molecule has 0 saturated carbocycles. The average Bonchev–Trinajstić information content (AvgIpc) is 2.77. The monoisotopic (exact) mass is 418 g/mol. The predicted molar refractivity (Wildman–Crippen MR) is 126 cm³/mol. The molecule has 0 aliphatic heterocycles. The highest BCUT2D eigenvalue weighted by Gasteiger charge is 2.04. The van der Waals surface area contributed by atoms with Crippen molar-refractivity contribution in [3.8, 4) is 0 Å². The summed E-state index contributed by atoms with van der Waals surface area (Å²) in [5.74, 6) is -0.282. The number of carbonyl (C=O) groups is 1. The van der Waals surface area contributed by atoms with Crippen LogP contribution in [0.5, 0.6) is 0 Å².